The van der Waals surface area contributed by atoms with Crippen molar-refractivity contribution in [1.82, 2.24) is 10.2 Å². The van der Waals surface area contributed by atoms with Gasteiger partial charge in [0.25, 0.3) is 0 Å². The van der Waals surface area contributed by atoms with Crippen molar-refractivity contribution in [2.45, 2.75) is 51.7 Å². The van der Waals surface area contributed by atoms with E-state index in [-0.39, 0.29) is 0 Å². The molecule has 1 aromatic rings. The van der Waals surface area contributed by atoms with E-state index in [1.54, 1.807) is 11.3 Å². The number of hydrogen-bond acceptors (Lipinski definition) is 3. The van der Waals surface area contributed by atoms with E-state index in [4.69, 9.17) is 11.6 Å². The molecule has 1 unspecified atom stereocenters. The van der Waals surface area contributed by atoms with Gasteiger partial charge in [-0.3, -0.25) is 0 Å². The van der Waals surface area contributed by atoms with Crippen LogP contribution in [-0.2, 0) is 0 Å². The van der Waals surface area contributed by atoms with Crippen LogP contribution in [0.1, 0.15) is 44.5 Å². The second kappa shape index (κ2) is 6.38. The van der Waals surface area contributed by atoms with Gasteiger partial charge in [0, 0.05) is 23.0 Å². The third-order valence-corrected chi connectivity index (χ3v) is 5.18. The normalized spacial score (nSPS) is 20.5. The first-order chi connectivity index (χ1) is 8.56. The highest BCUT2D eigenvalue weighted by Gasteiger charge is 2.22. The third-order valence-electron chi connectivity index (χ3n) is 3.77. The fourth-order valence-electron chi connectivity index (χ4n) is 2.58. The maximum Gasteiger partial charge on any atom is 0.0931 e. The lowest BCUT2D eigenvalue weighted by molar-refractivity contribution is 0.157. The smallest absolute Gasteiger partial charge is 0.0931 e. The number of nitrogens with zero attached hydrogens (tertiary/aromatic N) is 1. The Kier molecular flexibility index (Phi) is 5.07. The molecule has 0 amide bonds. The Morgan fingerprint density at radius 3 is 2.44 bits per heavy atom. The van der Waals surface area contributed by atoms with Crippen LogP contribution in [0, 0.1) is 0 Å². The number of hydrogen-bond donors (Lipinski definition) is 1. The van der Waals surface area contributed by atoms with Crippen molar-refractivity contribution < 1.29 is 0 Å². The monoisotopic (exact) mass is 286 g/mol. The van der Waals surface area contributed by atoms with Crippen LogP contribution in [0.3, 0.4) is 0 Å². The largest absolute Gasteiger partial charge is 0.307 e. The molecule has 1 fully saturated rings. The molecule has 1 N–H and O–H groups in total. The van der Waals surface area contributed by atoms with Crippen LogP contribution in [0.15, 0.2) is 12.1 Å². The van der Waals surface area contributed by atoms with Crippen molar-refractivity contribution in [3.63, 3.8) is 0 Å². The van der Waals surface area contributed by atoms with Crippen molar-refractivity contribution in [3.05, 3.63) is 21.3 Å². The van der Waals surface area contributed by atoms with Gasteiger partial charge in [0.2, 0.25) is 0 Å². The first-order valence-corrected chi connectivity index (χ1v) is 8.01. The predicted octanol–water partition coefficient (Wildman–Crippen LogP) is 3.92. The fourth-order valence-corrected chi connectivity index (χ4v) is 3.65. The molecule has 1 saturated heterocycles. The topological polar surface area (TPSA) is 15.3 Å². The van der Waals surface area contributed by atoms with Crippen LogP contribution in [0.25, 0.3) is 0 Å². The van der Waals surface area contributed by atoms with Crippen LogP contribution in [-0.4, -0.2) is 30.1 Å². The molecule has 1 aromatic heterocycles. The van der Waals surface area contributed by atoms with E-state index < -0.39 is 0 Å². The standard InChI is InChI=1S/C14H23ClN2S/c1-10(2)17-8-6-12(7-9-17)16-11(3)13-4-5-14(15)18-13/h4-5,10-12,16H,6-9H2,1-3H3. The molecular weight excluding hydrogens is 264 g/mol. The van der Waals surface area contributed by atoms with Gasteiger partial charge in [0.1, 0.15) is 0 Å². The molecule has 1 aliphatic rings. The minimum Gasteiger partial charge on any atom is -0.307 e. The predicted molar refractivity (Wildman–Crippen MR) is 80.6 cm³/mol. The molecule has 4 heteroatoms. The number of rotatable bonds is 4. The summed E-state index contributed by atoms with van der Waals surface area (Å²) in [5, 5.41) is 3.73. The Balaban J connectivity index is 1.81. The number of likely N-dealkylation sites (tertiary alicyclic amines) is 1. The average Bonchev–Trinajstić information content (AvgIpc) is 2.76. The summed E-state index contributed by atoms with van der Waals surface area (Å²) in [4.78, 5) is 3.90. The van der Waals surface area contributed by atoms with Gasteiger partial charge in [0.15, 0.2) is 0 Å². The number of halogens is 1. The molecule has 2 nitrogen and oxygen atoms in total. The molecule has 2 heterocycles. The van der Waals surface area contributed by atoms with E-state index in [1.807, 2.05) is 6.07 Å². The molecule has 0 aromatic carbocycles. The lowest BCUT2D eigenvalue weighted by atomic mass is 10.0. The van der Waals surface area contributed by atoms with Crippen LogP contribution in [0.4, 0.5) is 0 Å². The highest BCUT2D eigenvalue weighted by molar-refractivity contribution is 7.16. The summed E-state index contributed by atoms with van der Waals surface area (Å²) >= 11 is 7.67. The Bertz CT molecular complexity index is 370. The van der Waals surface area contributed by atoms with E-state index in [1.165, 1.54) is 30.8 Å². The lowest BCUT2D eigenvalue weighted by Crippen LogP contribution is -2.45. The van der Waals surface area contributed by atoms with E-state index in [2.05, 4.69) is 37.1 Å². The van der Waals surface area contributed by atoms with Crippen molar-refractivity contribution in [1.29, 1.82) is 0 Å². The van der Waals surface area contributed by atoms with Crippen molar-refractivity contribution in [2.24, 2.45) is 0 Å². The summed E-state index contributed by atoms with van der Waals surface area (Å²) < 4.78 is 0.883. The summed E-state index contributed by atoms with van der Waals surface area (Å²) in [5.41, 5.74) is 0. The van der Waals surface area contributed by atoms with Crippen LogP contribution in [0.2, 0.25) is 4.34 Å². The molecule has 1 aliphatic heterocycles. The Labute approximate surface area is 119 Å². The summed E-state index contributed by atoms with van der Waals surface area (Å²) in [6.45, 7) is 9.23. The summed E-state index contributed by atoms with van der Waals surface area (Å²) in [6.07, 6.45) is 2.50. The SMILES string of the molecule is CC(NC1CCN(C(C)C)CC1)c1ccc(Cl)s1. The van der Waals surface area contributed by atoms with E-state index in [0.717, 1.165) is 4.34 Å². The first kappa shape index (κ1) is 14.3. The zero-order chi connectivity index (χ0) is 13.1. The number of nitrogens with one attached hydrogen (secondary N) is 1. The Morgan fingerprint density at radius 1 is 1.28 bits per heavy atom. The minimum absolute atomic E-state index is 0.415. The van der Waals surface area contributed by atoms with Gasteiger partial charge in [-0.1, -0.05) is 11.6 Å². The van der Waals surface area contributed by atoms with Gasteiger partial charge in [-0.2, -0.15) is 0 Å². The highest BCUT2D eigenvalue weighted by Crippen LogP contribution is 2.27. The van der Waals surface area contributed by atoms with E-state index in [9.17, 15) is 0 Å². The quantitative estimate of drug-likeness (QED) is 0.902. The maximum atomic E-state index is 5.99. The van der Waals surface area contributed by atoms with Crippen LogP contribution < -0.4 is 5.32 Å². The van der Waals surface area contributed by atoms with Gasteiger partial charge in [-0.25, -0.2) is 0 Å². The molecule has 0 saturated carbocycles. The zero-order valence-electron chi connectivity index (χ0n) is 11.4. The summed E-state index contributed by atoms with van der Waals surface area (Å²) in [6, 6.07) is 5.86. The van der Waals surface area contributed by atoms with Crippen LogP contribution >= 0.6 is 22.9 Å². The second-order valence-electron chi connectivity index (χ2n) is 5.43. The molecule has 102 valence electrons. The summed E-state index contributed by atoms with van der Waals surface area (Å²) in [7, 11) is 0. The van der Waals surface area contributed by atoms with Crippen LogP contribution in [0.5, 0.6) is 0 Å². The van der Waals surface area contributed by atoms with E-state index in [0.29, 0.717) is 18.1 Å². The van der Waals surface area contributed by atoms with Gasteiger partial charge in [-0.05, 0) is 58.8 Å². The van der Waals surface area contributed by atoms with Crippen molar-refractivity contribution in [2.75, 3.05) is 13.1 Å². The molecule has 1 atom stereocenters. The van der Waals surface area contributed by atoms with Crippen molar-refractivity contribution in [3.8, 4) is 0 Å². The Morgan fingerprint density at radius 2 is 1.94 bits per heavy atom. The number of piperidine rings is 1. The van der Waals surface area contributed by atoms with Gasteiger partial charge in [-0.15, -0.1) is 11.3 Å². The van der Waals surface area contributed by atoms with Gasteiger partial charge < -0.3 is 10.2 Å². The average molecular weight is 287 g/mol. The first-order valence-electron chi connectivity index (χ1n) is 6.81. The molecule has 18 heavy (non-hydrogen) atoms. The highest BCUT2D eigenvalue weighted by atomic mass is 35.5. The second-order valence-corrected chi connectivity index (χ2v) is 7.18. The maximum absolute atomic E-state index is 5.99. The zero-order valence-corrected chi connectivity index (χ0v) is 13.0. The molecule has 0 radical (unpaired) electrons. The molecular formula is C14H23ClN2S. The molecule has 0 bridgehead atoms. The summed E-state index contributed by atoms with van der Waals surface area (Å²) in [5.74, 6) is 0. The fraction of sp³-hybridized carbons (Fsp3) is 0.714. The van der Waals surface area contributed by atoms with Gasteiger partial charge in [0.05, 0.1) is 4.34 Å². The minimum atomic E-state index is 0.415. The third kappa shape index (κ3) is 3.70. The number of thiophene rings is 1. The molecule has 2 rings (SSSR count). The lowest BCUT2D eigenvalue weighted by Gasteiger charge is -2.36. The van der Waals surface area contributed by atoms with E-state index >= 15 is 0 Å². The molecule has 0 spiro atoms. The molecule has 0 aliphatic carbocycles. The van der Waals surface area contributed by atoms with Crippen molar-refractivity contribution >= 4 is 22.9 Å². The van der Waals surface area contributed by atoms with Gasteiger partial charge >= 0.3 is 0 Å². The Hall–Kier alpha value is -0.0900.